The number of hydrogen-bond donors (Lipinski definition) is 0. The molecule has 0 spiro atoms. The molecule has 0 radical (unpaired) electrons. The Kier molecular flexibility index (Phi) is 5.99. The van der Waals surface area contributed by atoms with Crippen LogP contribution in [-0.2, 0) is 4.79 Å². The molecule has 72 valence electrons. The highest BCUT2D eigenvalue weighted by Crippen LogP contribution is 2.05. The molecule has 0 aromatic rings. The van der Waals surface area contributed by atoms with Gasteiger partial charge in [-0.3, -0.25) is 4.90 Å². The van der Waals surface area contributed by atoms with E-state index < -0.39 is 0 Å². The molecule has 12 heavy (non-hydrogen) atoms. The number of rotatable bonds is 6. The van der Waals surface area contributed by atoms with Crippen molar-refractivity contribution in [2.75, 3.05) is 6.54 Å². The largest absolute Gasteiger partial charge is 0.303 e. The van der Waals surface area contributed by atoms with E-state index in [0.717, 1.165) is 19.3 Å². The van der Waals surface area contributed by atoms with Crippen molar-refractivity contribution in [2.24, 2.45) is 0 Å². The Hall–Kier alpha value is -0.370. The van der Waals surface area contributed by atoms with Crippen LogP contribution in [0.5, 0.6) is 0 Å². The molecule has 2 nitrogen and oxygen atoms in total. The first-order chi connectivity index (χ1) is 5.59. The molecule has 0 saturated carbocycles. The number of carbonyl (C=O) groups is 1. The first-order valence-electron chi connectivity index (χ1n) is 4.79. The van der Waals surface area contributed by atoms with Crippen LogP contribution in [0, 0.1) is 0 Å². The van der Waals surface area contributed by atoms with Gasteiger partial charge in [-0.25, -0.2) is 0 Å². The van der Waals surface area contributed by atoms with Crippen molar-refractivity contribution in [3.63, 3.8) is 0 Å². The standard InChI is InChI=1S/C10H21NO/c1-9(2)11(10(3)4)7-5-6-8-12/h8-10H,5-7H2,1-4H3. The van der Waals surface area contributed by atoms with Crippen molar-refractivity contribution in [3.05, 3.63) is 0 Å². The quantitative estimate of drug-likeness (QED) is 0.450. The van der Waals surface area contributed by atoms with E-state index in [4.69, 9.17) is 0 Å². The fourth-order valence-electron chi connectivity index (χ4n) is 1.47. The second-order valence-corrected chi connectivity index (χ2v) is 3.73. The minimum atomic E-state index is 0.580. The summed E-state index contributed by atoms with van der Waals surface area (Å²) >= 11 is 0. The molecule has 0 aromatic carbocycles. The smallest absolute Gasteiger partial charge is 0.120 e. The summed E-state index contributed by atoms with van der Waals surface area (Å²) in [7, 11) is 0. The maximum Gasteiger partial charge on any atom is 0.120 e. The van der Waals surface area contributed by atoms with E-state index in [1.807, 2.05) is 0 Å². The fraction of sp³-hybridized carbons (Fsp3) is 0.900. The van der Waals surface area contributed by atoms with E-state index in [1.54, 1.807) is 0 Å². The van der Waals surface area contributed by atoms with Crippen LogP contribution in [0.15, 0.2) is 0 Å². The summed E-state index contributed by atoms with van der Waals surface area (Å²) in [6.07, 6.45) is 2.68. The average molecular weight is 171 g/mol. The lowest BCUT2D eigenvalue weighted by Crippen LogP contribution is -2.37. The Bertz CT molecular complexity index is 113. The van der Waals surface area contributed by atoms with Crippen LogP contribution in [0.25, 0.3) is 0 Å². The third-order valence-electron chi connectivity index (χ3n) is 2.06. The Balaban J connectivity index is 3.71. The second kappa shape index (κ2) is 6.18. The molecule has 0 rings (SSSR count). The van der Waals surface area contributed by atoms with Gasteiger partial charge in [0.25, 0.3) is 0 Å². The second-order valence-electron chi connectivity index (χ2n) is 3.73. The molecule has 0 aliphatic carbocycles. The lowest BCUT2D eigenvalue weighted by atomic mass is 10.2. The highest BCUT2D eigenvalue weighted by atomic mass is 16.1. The van der Waals surface area contributed by atoms with Gasteiger partial charge in [0.2, 0.25) is 0 Å². The van der Waals surface area contributed by atoms with E-state index in [9.17, 15) is 4.79 Å². The fourth-order valence-corrected chi connectivity index (χ4v) is 1.47. The van der Waals surface area contributed by atoms with E-state index in [0.29, 0.717) is 18.5 Å². The van der Waals surface area contributed by atoms with Crippen LogP contribution in [0.3, 0.4) is 0 Å². The monoisotopic (exact) mass is 171 g/mol. The van der Waals surface area contributed by atoms with E-state index in [-0.39, 0.29) is 0 Å². The van der Waals surface area contributed by atoms with Crippen molar-refractivity contribution >= 4 is 6.29 Å². The van der Waals surface area contributed by atoms with Crippen LogP contribution in [0.2, 0.25) is 0 Å². The molecule has 0 heterocycles. The molecular weight excluding hydrogens is 150 g/mol. The first-order valence-corrected chi connectivity index (χ1v) is 4.79. The molecule has 2 heteroatoms. The van der Waals surface area contributed by atoms with Gasteiger partial charge in [0.15, 0.2) is 0 Å². The van der Waals surface area contributed by atoms with Crippen LogP contribution in [0.1, 0.15) is 40.5 Å². The van der Waals surface area contributed by atoms with Gasteiger partial charge in [0.05, 0.1) is 0 Å². The average Bonchev–Trinajstić information content (AvgIpc) is 1.96. The van der Waals surface area contributed by atoms with Crippen LogP contribution >= 0.6 is 0 Å². The van der Waals surface area contributed by atoms with Gasteiger partial charge in [-0.2, -0.15) is 0 Å². The van der Waals surface area contributed by atoms with Gasteiger partial charge in [-0.1, -0.05) is 0 Å². The molecule has 0 fully saturated rings. The number of hydrogen-bond acceptors (Lipinski definition) is 2. The SMILES string of the molecule is CC(C)N(CCCC=O)C(C)C. The Morgan fingerprint density at radius 3 is 2.00 bits per heavy atom. The first kappa shape index (κ1) is 11.6. The summed E-state index contributed by atoms with van der Waals surface area (Å²) in [5.41, 5.74) is 0. The van der Waals surface area contributed by atoms with Crippen LogP contribution < -0.4 is 0 Å². The van der Waals surface area contributed by atoms with Gasteiger partial charge >= 0.3 is 0 Å². The summed E-state index contributed by atoms with van der Waals surface area (Å²) < 4.78 is 0. The minimum absolute atomic E-state index is 0.580. The van der Waals surface area contributed by atoms with E-state index >= 15 is 0 Å². The zero-order chi connectivity index (χ0) is 9.56. The van der Waals surface area contributed by atoms with Gasteiger partial charge in [0, 0.05) is 18.5 Å². The summed E-state index contributed by atoms with van der Waals surface area (Å²) in [5.74, 6) is 0. The molecule has 0 atom stereocenters. The zero-order valence-electron chi connectivity index (χ0n) is 8.71. The highest BCUT2D eigenvalue weighted by Gasteiger charge is 2.11. The molecule has 0 unspecified atom stereocenters. The maximum absolute atomic E-state index is 10.1. The van der Waals surface area contributed by atoms with Crippen molar-refractivity contribution in [2.45, 2.75) is 52.6 Å². The van der Waals surface area contributed by atoms with Crippen molar-refractivity contribution in [1.82, 2.24) is 4.90 Å². The molecule has 0 aliphatic rings. The topological polar surface area (TPSA) is 20.3 Å². The highest BCUT2D eigenvalue weighted by molar-refractivity contribution is 5.48. The number of aldehydes is 1. The maximum atomic E-state index is 10.1. The Morgan fingerprint density at radius 1 is 1.17 bits per heavy atom. The Morgan fingerprint density at radius 2 is 1.67 bits per heavy atom. The number of carbonyl (C=O) groups excluding carboxylic acids is 1. The molecular formula is C10H21NO. The molecule has 0 bridgehead atoms. The summed E-state index contributed by atoms with van der Waals surface area (Å²) in [6.45, 7) is 9.82. The van der Waals surface area contributed by atoms with Crippen molar-refractivity contribution < 1.29 is 4.79 Å². The summed E-state index contributed by atoms with van der Waals surface area (Å²) in [6, 6.07) is 1.16. The molecule has 0 N–H and O–H groups in total. The lowest BCUT2D eigenvalue weighted by molar-refractivity contribution is -0.108. The minimum Gasteiger partial charge on any atom is -0.303 e. The van der Waals surface area contributed by atoms with Crippen molar-refractivity contribution in [3.8, 4) is 0 Å². The van der Waals surface area contributed by atoms with Crippen molar-refractivity contribution in [1.29, 1.82) is 0 Å². The zero-order valence-corrected chi connectivity index (χ0v) is 8.71. The van der Waals surface area contributed by atoms with Crippen LogP contribution in [-0.4, -0.2) is 29.8 Å². The van der Waals surface area contributed by atoms with Gasteiger partial charge in [-0.05, 0) is 40.7 Å². The summed E-state index contributed by atoms with van der Waals surface area (Å²) in [5, 5.41) is 0. The lowest BCUT2D eigenvalue weighted by Gasteiger charge is -2.30. The number of unbranched alkanes of at least 4 members (excludes halogenated alkanes) is 1. The van der Waals surface area contributed by atoms with Gasteiger partial charge in [0.1, 0.15) is 6.29 Å². The van der Waals surface area contributed by atoms with E-state index in [1.165, 1.54) is 0 Å². The van der Waals surface area contributed by atoms with E-state index in [2.05, 4.69) is 32.6 Å². The Labute approximate surface area is 75.9 Å². The molecule has 0 aromatic heterocycles. The molecule has 0 amide bonds. The third kappa shape index (κ3) is 4.50. The van der Waals surface area contributed by atoms with Gasteiger partial charge < -0.3 is 4.79 Å². The van der Waals surface area contributed by atoms with Gasteiger partial charge in [-0.15, -0.1) is 0 Å². The molecule has 0 aliphatic heterocycles. The molecule has 0 saturated heterocycles. The third-order valence-corrected chi connectivity index (χ3v) is 2.06. The summed E-state index contributed by atoms with van der Waals surface area (Å²) in [4.78, 5) is 12.5. The normalized spacial score (nSPS) is 11.6. The number of nitrogens with zero attached hydrogens (tertiary/aromatic N) is 1. The predicted octanol–water partition coefficient (Wildman–Crippen LogP) is 2.08. The van der Waals surface area contributed by atoms with Crippen LogP contribution in [0.4, 0.5) is 0 Å². The predicted molar refractivity (Wildman–Crippen MR) is 52.3 cm³/mol.